The predicted octanol–water partition coefficient (Wildman–Crippen LogP) is 5.48. The van der Waals surface area contributed by atoms with Gasteiger partial charge in [0, 0.05) is 24.6 Å². The number of nitrogens with zero attached hydrogens (tertiary/aromatic N) is 1. The van der Waals surface area contributed by atoms with E-state index in [1.165, 1.54) is 61.9 Å². The van der Waals surface area contributed by atoms with E-state index in [2.05, 4.69) is 59.9 Å². The van der Waals surface area contributed by atoms with Gasteiger partial charge >= 0.3 is 0 Å². The van der Waals surface area contributed by atoms with E-state index in [1.54, 1.807) is 0 Å². The Morgan fingerprint density at radius 1 is 1.10 bits per heavy atom. The summed E-state index contributed by atoms with van der Waals surface area (Å²) in [6.07, 6.45) is 8.36. The molecule has 0 aliphatic heterocycles. The Balaban J connectivity index is 2.13. The molecule has 1 aliphatic rings. The van der Waals surface area contributed by atoms with Crippen LogP contribution in [0.25, 0.3) is 0 Å². The lowest BCUT2D eigenvalue weighted by Gasteiger charge is -2.36. The van der Waals surface area contributed by atoms with Crippen molar-refractivity contribution in [3.8, 4) is 0 Å². The molecule has 0 unspecified atom stereocenters. The highest BCUT2D eigenvalue weighted by Gasteiger charge is 2.31. The summed E-state index contributed by atoms with van der Waals surface area (Å²) in [6, 6.07) is 6.80. The van der Waals surface area contributed by atoms with Crippen molar-refractivity contribution in [1.82, 2.24) is 0 Å². The summed E-state index contributed by atoms with van der Waals surface area (Å²) in [5.74, 6) is 0. The lowest BCUT2D eigenvalue weighted by molar-refractivity contribution is 0.295. The van der Waals surface area contributed by atoms with Crippen LogP contribution in [0, 0.1) is 19.3 Å². The topological polar surface area (TPSA) is 3.24 Å². The SMILES string of the molecule is Cc1ccc(N(C)CC2(CBr)CCCCCC2)c(C)c1. The van der Waals surface area contributed by atoms with Crippen LogP contribution >= 0.6 is 15.9 Å². The number of halogens is 1. The molecule has 0 bridgehead atoms. The smallest absolute Gasteiger partial charge is 0.0393 e. The van der Waals surface area contributed by atoms with E-state index >= 15 is 0 Å². The van der Waals surface area contributed by atoms with Crippen LogP contribution in [-0.4, -0.2) is 18.9 Å². The molecule has 1 saturated carbocycles. The molecule has 2 rings (SSSR count). The van der Waals surface area contributed by atoms with Crippen LogP contribution in [0.2, 0.25) is 0 Å². The van der Waals surface area contributed by atoms with Crippen molar-refractivity contribution in [3.05, 3.63) is 29.3 Å². The normalized spacial score (nSPS) is 18.6. The number of hydrogen-bond donors (Lipinski definition) is 0. The first-order chi connectivity index (χ1) is 9.56. The van der Waals surface area contributed by atoms with Crippen LogP contribution in [0.5, 0.6) is 0 Å². The monoisotopic (exact) mass is 337 g/mol. The highest BCUT2D eigenvalue weighted by Crippen LogP contribution is 2.38. The second-order valence-corrected chi connectivity index (χ2v) is 7.25. The number of alkyl halides is 1. The standard InChI is InChI=1S/C18H28BrN/c1-15-8-9-17(16(2)12-15)20(3)14-18(13-19)10-6-4-5-7-11-18/h8-9,12H,4-7,10-11,13-14H2,1-3H3. The van der Waals surface area contributed by atoms with Crippen LogP contribution in [0.1, 0.15) is 49.7 Å². The Hall–Kier alpha value is -0.500. The molecule has 1 aromatic carbocycles. The molecule has 1 aromatic rings. The van der Waals surface area contributed by atoms with E-state index in [4.69, 9.17) is 0 Å². The molecular formula is C18H28BrN. The van der Waals surface area contributed by atoms with Crippen LogP contribution in [0.4, 0.5) is 5.69 Å². The van der Waals surface area contributed by atoms with E-state index in [-0.39, 0.29) is 0 Å². The summed E-state index contributed by atoms with van der Waals surface area (Å²) >= 11 is 3.81. The van der Waals surface area contributed by atoms with Gasteiger partial charge in [-0.1, -0.05) is 59.3 Å². The molecule has 0 amide bonds. The van der Waals surface area contributed by atoms with Crippen molar-refractivity contribution in [2.24, 2.45) is 5.41 Å². The van der Waals surface area contributed by atoms with Crippen molar-refractivity contribution < 1.29 is 0 Å². The fourth-order valence-electron chi connectivity index (χ4n) is 3.63. The van der Waals surface area contributed by atoms with Crippen LogP contribution < -0.4 is 4.90 Å². The van der Waals surface area contributed by atoms with Crippen molar-refractivity contribution in [3.63, 3.8) is 0 Å². The summed E-state index contributed by atoms with van der Waals surface area (Å²) in [5, 5.41) is 1.13. The molecule has 0 spiro atoms. The zero-order valence-electron chi connectivity index (χ0n) is 13.2. The first-order valence-electron chi connectivity index (χ1n) is 7.91. The third-order valence-electron chi connectivity index (χ3n) is 4.78. The molecule has 1 fully saturated rings. The zero-order chi connectivity index (χ0) is 14.6. The summed E-state index contributed by atoms with van der Waals surface area (Å²) in [5.41, 5.74) is 4.60. The fourth-order valence-corrected chi connectivity index (χ4v) is 4.37. The third kappa shape index (κ3) is 3.78. The molecule has 0 atom stereocenters. The highest BCUT2D eigenvalue weighted by molar-refractivity contribution is 9.09. The lowest BCUT2D eigenvalue weighted by Crippen LogP contribution is -2.37. The molecule has 0 saturated heterocycles. The van der Waals surface area contributed by atoms with E-state index < -0.39 is 0 Å². The molecule has 0 aromatic heterocycles. The van der Waals surface area contributed by atoms with Crippen molar-refractivity contribution in [1.29, 1.82) is 0 Å². The van der Waals surface area contributed by atoms with E-state index in [0.717, 1.165) is 5.33 Å². The van der Waals surface area contributed by atoms with Gasteiger partial charge in [0.25, 0.3) is 0 Å². The molecule has 0 radical (unpaired) electrons. The molecule has 1 nitrogen and oxygen atoms in total. The van der Waals surface area contributed by atoms with Gasteiger partial charge in [0.05, 0.1) is 0 Å². The molecule has 0 N–H and O–H groups in total. The highest BCUT2D eigenvalue weighted by atomic mass is 79.9. The average Bonchev–Trinajstić information content (AvgIpc) is 2.64. The van der Waals surface area contributed by atoms with E-state index in [0.29, 0.717) is 5.41 Å². The molecule has 2 heteroatoms. The number of rotatable bonds is 4. The molecule has 112 valence electrons. The first-order valence-corrected chi connectivity index (χ1v) is 9.03. The quantitative estimate of drug-likeness (QED) is 0.519. The van der Waals surface area contributed by atoms with Crippen molar-refractivity contribution in [2.45, 2.75) is 52.4 Å². The summed E-state index contributed by atoms with van der Waals surface area (Å²) < 4.78 is 0. The van der Waals surface area contributed by atoms with E-state index in [9.17, 15) is 0 Å². The molecule has 20 heavy (non-hydrogen) atoms. The number of aryl methyl sites for hydroxylation is 2. The van der Waals surface area contributed by atoms with Crippen molar-refractivity contribution in [2.75, 3.05) is 23.8 Å². The summed E-state index contributed by atoms with van der Waals surface area (Å²) in [4.78, 5) is 2.47. The van der Waals surface area contributed by atoms with Gasteiger partial charge in [-0.15, -0.1) is 0 Å². The van der Waals surface area contributed by atoms with Gasteiger partial charge in [-0.05, 0) is 43.7 Å². The maximum Gasteiger partial charge on any atom is 0.0393 e. The largest absolute Gasteiger partial charge is 0.374 e. The zero-order valence-corrected chi connectivity index (χ0v) is 14.8. The van der Waals surface area contributed by atoms with Crippen LogP contribution in [0.15, 0.2) is 18.2 Å². The molecule has 1 aliphatic carbocycles. The van der Waals surface area contributed by atoms with Crippen LogP contribution in [0.3, 0.4) is 0 Å². The number of benzene rings is 1. The maximum absolute atomic E-state index is 3.81. The minimum Gasteiger partial charge on any atom is -0.374 e. The first kappa shape index (κ1) is 15.9. The average molecular weight is 338 g/mol. The number of hydrogen-bond acceptors (Lipinski definition) is 1. The predicted molar refractivity (Wildman–Crippen MR) is 93.1 cm³/mol. The fraction of sp³-hybridized carbons (Fsp3) is 0.667. The summed E-state index contributed by atoms with van der Waals surface area (Å²) in [6.45, 7) is 5.57. The van der Waals surface area contributed by atoms with Crippen LogP contribution in [-0.2, 0) is 0 Å². The second kappa shape index (κ2) is 6.98. The minimum absolute atomic E-state index is 0.461. The van der Waals surface area contributed by atoms with Gasteiger partial charge in [-0.25, -0.2) is 0 Å². The molecule has 0 heterocycles. The molecular weight excluding hydrogens is 310 g/mol. The lowest BCUT2D eigenvalue weighted by atomic mass is 9.82. The second-order valence-electron chi connectivity index (χ2n) is 6.69. The summed E-state index contributed by atoms with van der Waals surface area (Å²) in [7, 11) is 2.26. The third-order valence-corrected chi connectivity index (χ3v) is 5.97. The van der Waals surface area contributed by atoms with Gasteiger partial charge in [-0.3, -0.25) is 0 Å². The van der Waals surface area contributed by atoms with Gasteiger partial charge in [0.1, 0.15) is 0 Å². The van der Waals surface area contributed by atoms with Crippen molar-refractivity contribution >= 4 is 21.6 Å². The van der Waals surface area contributed by atoms with Gasteiger partial charge in [-0.2, -0.15) is 0 Å². The Morgan fingerprint density at radius 3 is 2.30 bits per heavy atom. The number of anilines is 1. The Bertz CT molecular complexity index is 433. The van der Waals surface area contributed by atoms with Gasteiger partial charge < -0.3 is 4.90 Å². The maximum atomic E-state index is 3.81. The van der Waals surface area contributed by atoms with E-state index in [1.807, 2.05) is 0 Å². The minimum atomic E-state index is 0.461. The Kier molecular flexibility index (Phi) is 5.54. The van der Waals surface area contributed by atoms with Gasteiger partial charge in [0.2, 0.25) is 0 Å². The Morgan fingerprint density at radius 2 is 1.75 bits per heavy atom. The Labute approximate surface area is 132 Å². The van der Waals surface area contributed by atoms with Gasteiger partial charge in [0.15, 0.2) is 0 Å².